The summed E-state index contributed by atoms with van der Waals surface area (Å²) in [5.41, 5.74) is 1.66. The molecule has 0 fully saturated rings. The Bertz CT molecular complexity index is 953. The number of benzene rings is 2. The van der Waals surface area contributed by atoms with Gasteiger partial charge in [-0.2, -0.15) is 23.4 Å². The third kappa shape index (κ3) is 7.06. The molecular formula is C22H22F3N3O3. The zero-order valence-electron chi connectivity index (χ0n) is 17.1. The minimum Gasteiger partial charge on any atom is -0.460 e. The lowest BCUT2D eigenvalue weighted by Gasteiger charge is -2.22. The quantitative estimate of drug-likeness (QED) is 0.217. The number of nitrogens with zero attached hydrogens (tertiary/aromatic N) is 3. The van der Waals surface area contributed by atoms with Crippen molar-refractivity contribution < 1.29 is 27.5 Å². The maximum absolute atomic E-state index is 12.4. The highest BCUT2D eigenvalue weighted by Crippen LogP contribution is 2.25. The smallest absolute Gasteiger partial charge is 0.454 e. The Kier molecular flexibility index (Phi) is 8.07. The van der Waals surface area contributed by atoms with Gasteiger partial charge < -0.3 is 9.64 Å². The topological polar surface area (TPSA) is 71.3 Å². The number of hydrogen-bond acceptors (Lipinski definition) is 6. The van der Waals surface area contributed by atoms with Crippen molar-refractivity contribution in [1.82, 2.24) is 0 Å². The number of carbonyl (C=O) groups is 2. The van der Waals surface area contributed by atoms with E-state index in [9.17, 15) is 22.8 Å². The van der Waals surface area contributed by atoms with Crippen LogP contribution in [0.4, 0.5) is 30.2 Å². The normalized spacial score (nSPS) is 11.4. The number of esters is 1. The molecule has 0 unspecified atom stereocenters. The van der Waals surface area contributed by atoms with E-state index in [-0.39, 0.29) is 6.61 Å². The van der Waals surface area contributed by atoms with Gasteiger partial charge in [0.1, 0.15) is 6.61 Å². The van der Waals surface area contributed by atoms with E-state index in [0.29, 0.717) is 30.0 Å². The fraction of sp³-hybridized carbons (Fsp3) is 0.273. The summed E-state index contributed by atoms with van der Waals surface area (Å²) in [4.78, 5) is 24.7. The van der Waals surface area contributed by atoms with Crippen molar-refractivity contribution in [3.8, 4) is 0 Å². The lowest BCUT2D eigenvalue weighted by molar-refractivity contribution is -0.138. The summed E-state index contributed by atoms with van der Waals surface area (Å²) < 4.78 is 42.4. The number of anilines is 1. The van der Waals surface area contributed by atoms with Crippen LogP contribution < -0.4 is 4.90 Å². The van der Waals surface area contributed by atoms with Gasteiger partial charge in [0, 0.05) is 23.4 Å². The molecule has 0 amide bonds. The van der Waals surface area contributed by atoms with E-state index in [1.807, 2.05) is 24.0 Å². The Balaban J connectivity index is 1.98. The van der Waals surface area contributed by atoms with E-state index in [4.69, 9.17) is 4.74 Å². The summed E-state index contributed by atoms with van der Waals surface area (Å²) in [7, 11) is 0. The van der Waals surface area contributed by atoms with Crippen molar-refractivity contribution in [2.45, 2.75) is 20.0 Å². The average molecular weight is 433 g/mol. The fourth-order valence-electron chi connectivity index (χ4n) is 2.53. The molecule has 0 spiro atoms. The maximum atomic E-state index is 12.4. The number of azo groups is 1. The third-order valence-corrected chi connectivity index (χ3v) is 4.21. The molecule has 2 aromatic carbocycles. The highest BCUT2D eigenvalue weighted by atomic mass is 19.4. The Hall–Kier alpha value is -3.49. The molecule has 0 saturated heterocycles. The standard InChI is InChI=1S/C22H22F3N3O3/c1-4-28(13-14-31-21(30)15(2)3)19-11-9-18(10-12-19)27-26-17-7-5-16(6-8-17)20(29)22(23,24)25/h5-12H,2,4,13-14H2,1,3H3. The van der Waals surface area contributed by atoms with Gasteiger partial charge in [-0.1, -0.05) is 6.58 Å². The largest absolute Gasteiger partial charge is 0.460 e. The highest BCUT2D eigenvalue weighted by Gasteiger charge is 2.39. The van der Waals surface area contributed by atoms with E-state index in [2.05, 4.69) is 16.8 Å². The van der Waals surface area contributed by atoms with Crippen molar-refractivity contribution in [3.05, 3.63) is 66.2 Å². The Morgan fingerprint density at radius 1 is 1.00 bits per heavy atom. The Morgan fingerprint density at radius 3 is 1.97 bits per heavy atom. The van der Waals surface area contributed by atoms with Crippen LogP contribution in [0.1, 0.15) is 24.2 Å². The molecule has 0 aliphatic rings. The van der Waals surface area contributed by atoms with Crippen LogP contribution in [0.3, 0.4) is 0 Å². The molecular weight excluding hydrogens is 411 g/mol. The molecule has 6 nitrogen and oxygen atoms in total. The van der Waals surface area contributed by atoms with Gasteiger partial charge in [0.25, 0.3) is 5.78 Å². The zero-order chi connectivity index (χ0) is 23.0. The molecule has 164 valence electrons. The van der Waals surface area contributed by atoms with Gasteiger partial charge in [-0.05, 0) is 62.4 Å². The summed E-state index contributed by atoms with van der Waals surface area (Å²) in [5.74, 6) is -2.33. The van der Waals surface area contributed by atoms with Crippen LogP contribution in [0, 0.1) is 0 Å². The van der Waals surface area contributed by atoms with Crippen molar-refractivity contribution in [2.24, 2.45) is 10.2 Å². The molecule has 0 aliphatic carbocycles. The highest BCUT2D eigenvalue weighted by molar-refractivity contribution is 6.00. The predicted octanol–water partition coefficient (Wildman–Crippen LogP) is 5.79. The van der Waals surface area contributed by atoms with Crippen molar-refractivity contribution in [2.75, 3.05) is 24.6 Å². The molecule has 2 aromatic rings. The van der Waals surface area contributed by atoms with Crippen LogP contribution in [-0.4, -0.2) is 37.6 Å². The fourth-order valence-corrected chi connectivity index (χ4v) is 2.53. The second-order valence-corrected chi connectivity index (χ2v) is 6.59. The van der Waals surface area contributed by atoms with Crippen LogP contribution in [0.5, 0.6) is 0 Å². The Morgan fingerprint density at radius 2 is 1.52 bits per heavy atom. The molecule has 0 saturated carbocycles. The SMILES string of the molecule is C=C(C)C(=O)OCCN(CC)c1ccc(N=Nc2ccc(C(=O)C(F)(F)F)cc2)cc1. The Labute approximate surface area is 178 Å². The second kappa shape index (κ2) is 10.5. The first kappa shape index (κ1) is 23.8. The number of halogens is 3. The van der Waals surface area contributed by atoms with Crippen LogP contribution in [0.2, 0.25) is 0 Å². The molecule has 0 radical (unpaired) electrons. The van der Waals surface area contributed by atoms with Gasteiger partial charge in [0.05, 0.1) is 17.9 Å². The van der Waals surface area contributed by atoms with Gasteiger partial charge in [-0.15, -0.1) is 0 Å². The summed E-state index contributed by atoms with van der Waals surface area (Å²) in [6.07, 6.45) is -4.91. The van der Waals surface area contributed by atoms with Gasteiger partial charge in [0.2, 0.25) is 0 Å². The molecule has 0 aromatic heterocycles. The van der Waals surface area contributed by atoms with Crippen LogP contribution in [-0.2, 0) is 9.53 Å². The lowest BCUT2D eigenvalue weighted by Crippen LogP contribution is -2.28. The van der Waals surface area contributed by atoms with Crippen molar-refractivity contribution in [3.63, 3.8) is 0 Å². The average Bonchev–Trinajstić information content (AvgIpc) is 2.74. The molecule has 31 heavy (non-hydrogen) atoms. The number of Topliss-reactive ketones (excluding diaryl/α,β-unsaturated/α-hetero) is 1. The van der Waals surface area contributed by atoms with Gasteiger partial charge in [-0.3, -0.25) is 4.79 Å². The van der Waals surface area contributed by atoms with E-state index >= 15 is 0 Å². The molecule has 9 heteroatoms. The lowest BCUT2D eigenvalue weighted by atomic mass is 10.1. The van der Waals surface area contributed by atoms with Gasteiger partial charge in [-0.25, -0.2) is 4.79 Å². The predicted molar refractivity (Wildman–Crippen MR) is 111 cm³/mol. The van der Waals surface area contributed by atoms with Crippen LogP contribution in [0.25, 0.3) is 0 Å². The monoisotopic (exact) mass is 433 g/mol. The van der Waals surface area contributed by atoms with E-state index in [1.165, 1.54) is 12.1 Å². The van der Waals surface area contributed by atoms with Crippen LogP contribution >= 0.6 is 0 Å². The minimum absolute atomic E-state index is 0.230. The minimum atomic E-state index is -4.91. The number of rotatable bonds is 9. The summed E-state index contributed by atoms with van der Waals surface area (Å²) in [6, 6.07) is 11.9. The molecule has 2 rings (SSSR count). The zero-order valence-corrected chi connectivity index (χ0v) is 17.1. The molecule has 0 bridgehead atoms. The van der Waals surface area contributed by atoms with Crippen molar-refractivity contribution in [1.29, 1.82) is 0 Å². The number of alkyl halides is 3. The first-order valence-corrected chi connectivity index (χ1v) is 9.42. The second-order valence-electron chi connectivity index (χ2n) is 6.59. The van der Waals surface area contributed by atoms with E-state index < -0.39 is 23.5 Å². The molecule has 0 aliphatic heterocycles. The number of likely N-dealkylation sites (N-methyl/N-ethyl adjacent to an activating group) is 1. The molecule has 0 heterocycles. The number of hydrogen-bond donors (Lipinski definition) is 0. The number of carbonyl (C=O) groups excluding carboxylic acids is 2. The van der Waals surface area contributed by atoms with Crippen LogP contribution in [0.15, 0.2) is 70.9 Å². The number of ketones is 1. The summed E-state index contributed by atoms with van der Waals surface area (Å²) in [5, 5.41) is 8.02. The summed E-state index contributed by atoms with van der Waals surface area (Å²) >= 11 is 0. The first-order chi connectivity index (χ1) is 14.6. The molecule has 0 atom stereocenters. The van der Waals surface area contributed by atoms with Gasteiger partial charge in [0.15, 0.2) is 0 Å². The number of ether oxygens (including phenoxy) is 1. The maximum Gasteiger partial charge on any atom is 0.454 e. The van der Waals surface area contributed by atoms with E-state index in [1.54, 1.807) is 19.1 Å². The third-order valence-electron chi connectivity index (χ3n) is 4.21. The van der Waals surface area contributed by atoms with Gasteiger partial charge >= 0.3 is 12.1 Å². The molecule has 0 N–H and O–H groups in total. The van der Waals surface area contributed by atoms with E-state index in [0.717, 1.165) is 17.8 Å². The summed E-state index contributed by atoms with van der Waals surface area (Å²) in [6.45, 7) is 8.54. The van der Waals surface area contributed by atoms with Crippen molar-refractivity contribution >= 4 is 28.8 Å². The first-order valence-electron chi connectivity index (χ1n) is 9.42.